The molecule has 0 saturated heterocycles. The van der Waals surface area contributed by atoms with E-state index in [0.29, 0.717) is 10.6 Å². The lowest BCUT2D eigenvalue weighted by Gasteiger charge is -2.19. The third-order valence-corrected chi connectivity index (χ3v) is 3.84. The molecule has 3 atom stereocenters. The summed E-state index contributed by atoms with van der Waals surface area (Å²) < 4.78 is 11.3. The van der Waals surface area contributed by atoms with Crippen molar-refractivity contribution in [3.63, 3.8) is 0 Å². The average molecular weight is 284 g/mol. The number of urea groups is 1. The summed E-state index contributed by atoms with van der Waals surface area (Å²) >= 11 is 0. The normalized spacial score (nSPS) is 15.4. The monoisotopic (exact) mass is 284 g/mol. The van der Waals surface area contributed by atoms with Gasteiger partial charge in [0.2, 0.25) is 0 Å². The number of carbonyl (C=O) groups excluding carboxylic acids is 1. The topological polar surface area (TPSA) is 78.4 Å². The molecule has 19 heavy (non-hydrogen) atoms. The van der Waals surface area contributed by atoms with E-state index in [1.54, 1.807) is 30.5 Å². The van der Waals surface area contributed by atoms with Gasteiger partial charge in [0.15, 0.2) is 0 Å². The predicted molar refractivity (Wildman–Crippen MR) is 76.6 cm³/mol. The number of amides is 2. The van der Waals surface area contributed by atoms with Gasteiger partial charge in [-0.15, -0.1) is 0 Å². The van der Waals surface area contributed by atoms with Crippen LogP contribution in [0.4, 0.5) is 10.5 Å². The van der Waals surface area contributed by atoms with Gasteiger partial charge in [0.1, 0.15) is 0 Å². The van der Waals surface area contributed by atoms with Gasteiger partial charge in [-0.3, -0.25) is 4.21 Å². The second-order valence-corrected chi connectivity index (χ2v) is 5.91. The highest BCUT2D eigenvalue weighted by Gasteiger charge is 2.13. The zero-order valence-corrected chi connectivity index (χ0v) is 12.2. The Labute approximate surface area is 115 Å². The second-order valence-electron chi connectivity index (χ2n) is 4.53. The Hall–Kier alpha value is -1.40. The Kier molecular flexibility index (Phi) is 5.98. The average Bonchev–Trinajstić information content (AvgIpc) is 2.37. The molecule has 1 aromatic carbocycles. The summed E-state index contributed by atoms with van der Waals surface area (Å²) in [4.78, 5) is 12.4. The van der Waals surface area contributed by atoms with Crippen molar-refractivity contribution >= 4 is 22.5 Å². The van der Waals surface area contributed by atoms with Crippen LogP contribution in [0, 0.1) is 5.92 Å². The number of aliphatic hydroxyl groups is 1. The maximum absolute atomic E-state index is 11.7. The molecule has 0 fully saturated rings. The lowest BCUT2D eigenvalue weighted by Crippen LogP contribution is -2.40. The second kappa shape index (κ2) is 7.25. The molecular weight excluding hydrogens is 264 g/mol. The Balaban J connectivity index is 2.62. The first-order chi connectivity index (χ1) is 8.93. The molecule has 0 spiro atoms. The summed E-state index contributed by atoms with van der Waals surface area (Å²) in [6, 6.07) is 6.42. The quantitative estimate of drug-likeness (QED) is 0.768. The molecule has 6 heteroatoms. The van der Waals surface area contributed by atoms with Gasteiger partial charge in [-0.1, -0.05) is 13.0 Å². The maximum atomic E-state index is 11.7. The molecule has 1 rings (SSSR count). The molecule has 3 unspecified atom stereocenters. The maximum Gasteiger partial charge on any atom is 0.319 e. The van der Waals surface area contributed by atoms with Crippen LogP contribution in [0.1, 0.15) is 13.8 Å². The van der Waals surface area contributed by atoms with Crippen LogP contribution < -0.4 is 10.6 Å². The van der Waals surface area contributed by atoms with E-state index in [1.807, 2.05) is 13.8 Å². The number of rotatable bonds is 5. The molecule has 0 radical (unpaired) electrons. The van der Waals surface area contributed by atoms with Crippen molar-refractivity contribution in [2.75, 3.05) is 18.2 Å². The summed E-state index contributed by atoms with van der Waals surface area (Å²) in [6.45, 7) is 3.70. The number of benzene rings is 1. The summed E-state index contributed by atoms with van der Waals surface area (Å²) in [5.41, 5.74) is 0.592. The number of anilines is 1. The molecule has 0 saturated carbocycles. The first-order valence-corrected chi connectivity index (χ1v) is 7.61. The molecule has 0 aliphatic rings. The van der Waals surface area contributed by atoms with Crippen LogP contribution in [-0.2, 0) is 10.8 Å². The van der Waals surface area contributed by atoms with Crippen LogP contribution in [0.25, 0.3) is 0 Å². The van der Waals surface area contributed by atoms with Gasteiger partial charge in [-0.05, 0) is 31.0 Å². The first-order valence-electron chi connectivity index (χ1n) is 6.06. The highest BCUT2D eigenvalue weighted by Crippen LogP contribution is 2.13. The highest BCUT2D eigenvalue weighted by atomic mass is 32.2. The van der Waals surface area contributed by atoms with E-state index in [-0.39, 0.29) is 24.6 Å². The Morgan fingerprint density at radius 3 is 2.68 bits per heavy atom. The fraction of sp³-hybridized carbons (Fsp3) is 0.462. The van der Waals surface area contributed by atoms with E-state index >= 15 is 0 Å². The van der Waals surface area contributed by atoms with Gasteiger partial charge in [-0.2, -0.15) is 0 Å². The van der Waals surface area contributed by atoms with Crippen LogP contribution in [0.2, 0.25) is 0 Å². The van der Waals surface area contributed by atoms with Crippen LogP contribution in [0.3, 0.4) is 0 Å². The predicted octanol–water partition coefficient (Wildman–Crippen LogP) is 1.56. The van der Waals surface area contributed by atoms with E-state index in [0.717, 1.165) is 0 Å². The van der Waals surface area contributed by atoms with Gasteiger partial charge in [0, 0.05) is 40.3 Å². The van der Waals surface area contributed by atoms with Gasteiger partial charge in [0.05, 0.1) is 0 Å². The van der Waals surface area contributed by atoms with Crippen molar-refractivity contribution in [2.45, 2.75) is 24.8 Å². The molecule has 0 aromatic heterocycles. The SMILES string of the molecule is CC(CO)C(C)NC(=O)Nc1cccc(S(C)=O)c1. The molecule has 0 aliphatic heterocycles. The number of hydrogen-bond acceptors (Lipinski definition) is 3. The molecule has 0 bridgehead atoms. The summed E-state index contributed by atoms with van der Waals surface area (Å²) in [5.74, 6) is -0.0137. The van der Waals surface area contributed by atoms with E-state index < -0.39 is 10.8 Å². The van der Waals surface area contributed by atoms with E-state index in [1.165, 1.54) is 0 Å². The zero-order chi connectivity index (χ0) is 14.4. The number of nitrogens with one attached hydrogen (secondary N) is 2. The smallest absolute Gasteiger partial charge is 0.319 e. The third kappa shape index (κ3) is 5.00. The standard InChI is InChI=1S/C13H20N2O3S/c1-9(8-16)10(2)14-13(17)15-11-5-4-6-12(7-11)19(3)18/h4-7,9-10,16H,8H2,1-3H3,(H2,14,15,17). The van der Waals surface area contributed by atoms with Crippen molar-refractivity contribution < 1.29 is 14.1 Å². The molecule has 0 aliphatic carbocycles. The number of hydrogen-bond donors (Lipinski definition) is 3. The Morgan fingerprint density at radius 2 is 2.11 bits per heavy atom. The van der Waals surface area contributed by atoms with Crippen LogP contribution >= 0.6 is 0 Å². The minimum Gasteiger partial charge on any atom is -0.396 e. The highest BCUT2D eigenvalue weighted by molar-refractivity contribution is 7.84. The summed E-state index contributed by atoms with van der Waals surface area (Å²) in [6.07, 6.45) is 1.59. The zero-order valence-electron chi connectivity index (χ0n) is 11.3. The van der Waals surface area contributed by atoms with Crippen molar-refractivity contribution in [3.05, 3.63) is 24.3 Å². The Morgan fingerprint density at radius 1 is 1.42 bits per heavy atom. The van der Waals surface area contributed by atoms with Gasteiger partial charge in [-0.25, -0.2) is 4.79 Å². The van der Waals surface area contributed by atoms with Crippen molar-refractivity contribution in [1.82, 2.24) is 5.32 Å². The van der Waals surface area contributed by atoms with Gasteiger partial charge < -0.3 is 15.7 Å². The molecule has 3 N–H and O–H groups in total. The summed E-state index contributed by atoms with van der Waals surface area (Å²) in [7, 11) is -1.08. The van der Waals surface area contributed by atoms with E-state index in [2.05, 4.69) is 10.6 Å². The minimum atomic E-state index is -1.08. The van der Waals surface area contributed by atoms with Gasteiger partial charge >= 0.3 is 6.03 Å². The molecular formula is C13H20N2O3S. The van der Waals surface area contributed by atoms with Crippen LogP contribution in [0.5, 0.6) is 0 Å². The van der Waals surface area contributed by atoms with E-state index in [9.17, 15) is 9.00 Å². The van der Waals surface area contributed by atoms with E-state index in [4.69, 9.17) is 5.11 Å². The summed E-state index contributed by atoms with van der Waals surface area (Å²) in [5, 5.41) is 14.4. The van der Waals surface area contributed by atoms with Crippen molar-refractivity contribution in [3.8, 4) is 0 Å². The Bertz CT molecular complexity index is 465. The minimum absolute atomic E-state index is 0.0137. The molecule has 2 amide bonds. The lowest BCUT2D eigenvalue weighted by atomic mass is 10.1. The molecule has 1 aromatic rings. The molecule has 106 valence electrons. The fourth-order valence-corrected chi connectivity index (χ4v) is 1.99. The van der Waals surface area contributed by atoms with Crippen molar-refractivity contribution in [2.24, 2.45) is 5.92 Å². The largest absolute Gasteiger partial charge is 0.396 e. The van der Waals surface area contributed by atoms with Crippen LogP contribution in [-0.4, -0.2) is 34.3 Å². The third-order valence-electron chi connectivity index (χ3n) is 2.92. The van der Waals surface area contributed by atoms with Crippen LogP contribution in [0.15, 0.2) is 29.2 Å². The lowest BCUT2D eigenvalue weighted by molar-refractivity contribution is 0.204. The fourth-order valence-electron chi connectivity index (χ4n) is 1.43. The first kappa shape index (κ1) is 15.7. The number of carbonyl (C=O) groups is 1. The van der Waals surface area contributed by atoms with Crippen molar-refractivity contribution in [1.29, 1.82) is 0 Å². The molecule has 5 nitrogen and oxygen atoms in total. The molecule has 0 heterocycles. The van der Waals surface area contributed by atoms with Gasteiger partial charge in [0.25, 0.3) is 0 Å². The number of aliphatic hydroxyl groups excluding tert-OH is 1.